The number of rotatable bonds is 2. The van der Waals surface area contributed by atoms with Crippen LogP contribution in [0.25, 0.3) is 22.3 Å². The molecular formula is C25H17Cl. The first-order valence-electron chi connectivity index (χ1n) is 8.83. The quantitative estimate of drug-likeness (QED) is 0.345. The largest absolute Gasteiger partial charge is 0.121 e. The zero-order valence-electron chi connectivity index (χ0n) is 14.2. The number of fused-ring (bicyclic) bond motifs is 3. The average Bonchev–Trinajstić information content (AvgIpc) is 2.99. The topological polar surface area (TPSA) is 0 Å². The lowest BCUT2D eigenvalue weighted by atomic mass is 9.87. The third-order valence-corrected chi connectivity index (χ3v) is 5.90. The first-order chi connectivity index (χ1) is 12.8. The van der Waals surface area contributed by atoms with E-state index >= 15 is 0 Å². The maximum Gasteiger partial charge on any atom is 0.121 e. The molecule has 5 rings (SSSR count). The minimum atomic E-state index is -0.637. The molecule has 0 amide bonds. The van der Waals surface area contributed by atoms with E-state index in [1.54, 1.807) is 0 Å². The smallest absolute Gasteiger partial charge is 0.103 e. The normalized spacial score (nSPS) is 13.9. The zero-order valence-corrected chi connectivity index (χ0v) is 14.9. The van der Waals surface area contributed by atoms with E-state index in [1.165, 1.54) is 22.3 Å². The molecule has 1 heteroatoms. The van der Waals surface area contributed by atoms with Gasteiger partial charge in [0.15, 0.2) is 0 Å². The zero-order chi connectivity index (χ0) is 17.6. The summed E-state index contributed by atoms with van der Waals surface area (Å²) < 4.78 is 0. The Bertz CT molecular complexity index is 1030. The molecule has 0 aliphatic heterocycles. The van der Waals surface area contributed by atoms with Gasteiger partial charge in [0.05, 0.1) is 0 Å². The fourth-order valence-electron chi connectivity index (χ4n) is 4.02. The van der Waals surface area contributed by atoms with Crippen LogP contribution in [0.3, 0.4) is 0 Å². The summed E-state index contributed by atoms with van der Waals surface area (Å²) in [5, 5.41) is 0. The SMILES string of the molecule is ClC1(c2ccc(-c3ccccc3)cc2)c2ccccc2-c2ccccc21. The van der Waals surface area contributed by atoms with Gasteiger partial charge in [-0.15, -0.1) is 11.6 Å². The fraction of sp³-hybridized carbons (Fsp3) is 0.0400. The summed E-state index contributed by atoms with van der Waals surface area (Å²) in [5.41, 5.74) is 8.31. The molecule has 26 heavy (non-hydrogen) atoms. The maximum atomic E-state index is 7.36. The summed E-state index contributed by atoms with van der Waals surface area (Å²) in [5.74, 6) is 0. The molecule has 0 aromatic heterocycles. The van der Waals surface area contributed by atoms with Crippen LogP contribution < -0.4 is 0 Å². The van der Waals surface area contributed by atoms with Crippen molar-refractivity contribution >= 4 is 11.6 Å². The van der Waals surface area contributed by atoms with E-state index in [9.17, 15) is 0 Å². The molecule has 0 bridgehead atoms. The van der Waals surface area contributed by atoms with Crippen LogP contribution in [0.5, 0.6) is 0 Å². The first-order valence-corrected chi connectivity index (χ1v) is 9.20. The highest BCUT2D eigenvalue weighted by molar-refractivity contribution is 6.30. The summed E-state index contributed by atoms with van der Waals surface area (Å²) in [6, 6.07) is 36.0. The minimum Gasteiger partial charge on any atom is -0.103 e. The van der Waals surface area contributed by atoms with E-state index in [1.807, 2.05) is 6.07 Å². The van der Waals surface area contributed by atoms with Gasteiger partial charge in [0.2, 0.25) is 0 Å². The van der Waals surface area contributed by atoms with Crippen LogP contribution >= 0.6 is 11.6 Å². The van der Waals surface area contributed by atoms with Crippen LogP contribution in [0.4, 0.5) is 0 Å². The molecule has 0 spiro atoms. The van der Waals surface area contributed by atoms with Crippen molar-refractivity contribution in [3.63, 3.8) is 0 Å². The van der Waals surface area contributed by atoms with Crippen LogP contribution in [0.1, 0.15) is 16.7 Å². The van der Waals surface area contributed by atoms with Crippen molar-refractivity contribution in [3.8, 4) is 22.3 Å². The van der Waals surface area contributed by atoms with E-state index in [2.05, 4.69) is 97.1 Å². The van der Waals surface area contributed by atoms with Crippen molar-refractivity contribution in [3.05, 3.63) is 120 Å². The molecule has 0 unspecified atom stereocenters. The summed E-state index contributed by atoms with van der Waals surface area (Å²) in [6.45, 7) is 0. The van der Waals surface area contributed by atoms with Gasteiger partial charge in [-0.3, -0.25) is 0 Å². The van der Waals surface area contributed by atoms with Gasteiger partial charge in [-0.2, -0.15) is 0 Å². The van der Waals surface area contributed by atoms with Gasteiger partial charge >= 0.3 is 0 Å². The number of hydrogen-bond acceptors (Lipinski definition) is 0. The highest BCUT2D eigenvalue weighted by Gasteiger charge is 2.42. The lowest BCUT2D eigenvalue weighted by Crippen LogP contribution is -2.19. The minimum absolute atomic E-state index is 0.637. The van der Waals surface area contributed by atoms with Gasteiger partial charge in [-0.25, -0.2) is 0 Å². The highest BCUT2D eigenvalue weighted by Crippen LogP contribution is 2.54. The molecule has 4 aromatic rings. The second kappa shape index (κ2) is 5.86. The molecule has 0 fully saturated rings. The van der Waals surface area contributed by atoms with Crippen molar-refractivity contribution < 1.29 is 0 Å². The van der Waals surface area contributed by atoms with E-state index in [4.69, 9.17) is 11.6 Å². The summed E-state index contributed by atoms with van der Waals surface area (Å²) in [7, 11) is 0. The summed E-state index contributed by atoms with van der Waals surface area (Å²) in [6.07, 6.45) is 0. The van der Waals surface area contributed by atoms with E-state index < -0.39 is 4.87 Å². The van der Waals surface area contributed by atoms with Gasteiger partial charge in [0.25, 0.3) is 0 Å². The lowest BCUT2D eigenvalue weighted by Gasteiger charge is -2.25. The number of halogens is 1. The Morgan fingerprint density at radius 3 is 1.50 bits per heavy atom. The monoisotopic (exact) mass is 352 g/mol. The lowest BCUT2D eigenvalue weighted by molar-refractivity contribution is 0.912. The fourth-order valence-corrected chi connectivity index (χ4v) is 4.47. The molecule has 0 heterocycles. The Kier molecular flexibility index (Phi) is 3.48. The average molecular weight is 353 g/mol. The van der Waals surface area contributed by atoms with Gasteiger partial charge < -0.3 is 0 Å². The third kappa shape index (κ3) is 2.16. The molecule has 0 nitrogen and oxygen atoms in total. The molecule has 1 aliphatic carbocycles. The van der Waals surface area contributed by atoms with Crippen LogP contribution in [-0.4, -0.2) is 0 Å². The molecule has 0 radical (unpaired) electrons. The van der Waals surface area contributed by atoms with Crippen molar-refractivity contribution in [2.45, 2.75) is 4.87 Å². The second-order valence-electron chi connectivity index (χ2n) is 6.69. The van der Waals surface area contributed by atoms with Crippen molar-refractivity contribution in [2.24, 2.45) is 0 Å². The predicted octanol–water partition coefficient (Wildman–Crippen LogP) is 6.86. The van der Waals surface area contributed by atoms with Crippen molar-refractivity contribution in [2.75, 3.05) is 0 Å². The molecule has 1 aliphatic rings. The van der Waals surface area contributed by atoms with Crippen LogP contribution in [0, 0.1) is 0 Å². The Balaban J connectivity index is 1.68. The van der Waals surface area contributed by atoms with Gasteiger partial charge in [-0.1, -0.05) is 103 Å². The molecule has 0 saturated carbocycles. The number of benzene rings is 4. The van der Waals surface area contributed by atoms with Crippen LogP contribution in [0.2, 0.25) is 0 Å². The second-order valence-corrected chi connectivity index (χ2v) is 7.26. The highest BCUT2D eigenvalue weighted by atomic mass is 35.5. The first kappa shape index (κ1) is 15.4. The molecule has 0 atom stereocenters. The Morgan fingerprint density at radius 1 is 0.462 bits per heavy atom. The number of alkyl halides is 1. The number of hydrogen-bond donors (Lipinski definition) is 0. The standard InChI is InChI=1S/C25H17Cl/c26-25(20-16-14-19(15-17-20)18-8-2-1-3-9-18)23-12-6-4-10-21(23)22-11-5-7-13-24(22)25/h1-17H. The summed E-state index contributed by atoms with van der Waals surface area (Å²) >= 11 is 7.36. The van der Waals surface area contributed by atoms with Crippen LogP contribution in [-0.2, 0) is 4.87 Å². The van der Waals surface area contributed by atoms with Gasteiger partial charge in [0, 0.05) is 0 Å². The Morgan fingerprint density at radius 2 is 0.923 bits per heavy atom. The molecule has 0 saturated heterocycles. The molecular weight excluding hydrogens is 336 g/mol. The summed E-state index contributed by atoms with van der Waals surface area (Å²) in [4.78, 5) is -0.637. The van der Waals surface area contributed by atoms with E-state index in [0.717, 1.165) is 16.7 Å². The maximum absolute atomic E-state index is 7.36. The molecule has 0 N–H and O–H groups in total. The van der Waals surface area contributed by atoms with Gasteiger partial charge in [0.1, 0.15) is 4.87 Å². The van der Waals surface area contributed by atoms with Crippen molar-refractivity contribution in [1.82, 2.24) is 0 Å². The third-order valence-electron chi connectivity index (χ3n) is 5.28. The predicted molar refractivity (Wildman–Crippen MR) is 109 cm³/mol. The van der Waals surface area contributed by atoms with Crippen LogP contribution in [0.15, 0.2) is 103 Å². The molecule has 4 aromatic carbocycles. The van der Waals surface area contributed by atoms with Gasteiger partial charge in [-0.05, 0) is 38.9 Å². The Hall–Kier alpha value is -2.83. The van der Waals surface area contributed by atoms with Crippen molar-refractivity contribution in [1.29, 1.82) is 0 Å². The van der Waals surface area contributed by atoms with E-state index in [0.29, 0.717) is 0 Å². The molecule has 124 valence electrons. The van der Waals surface area contributed by atoms with E-state index in [-0.39, 0.29) is 0 Å². The Labute approximate surface area is 158 Å².